The van der Waals surface area contributed by atoms with Crippen LogP contribution in [0.2, 0.25) is 0 Å². The maximum atomic E-state index is 6.28. The molecule has 1 unspecified atom stereocenters. The van der Waals surface area contributed by atoms with Crippen molar-refractivity contribution >= 4 is 17.6 Å². The molecule has 0 aromatic carbocycles. The van der Waals surface area contributed by atoms with Crippen molar-refractivity contribution in [3.05, 3.63) is 35.7 Å². The van der Waals surface area contributed by atoms with Gasteiger partial charge in [-0.25, -0.2) is 5.01 Å². The van der Waals surface area contributed by atoms with E-state index >= 15 is 0 Å². The Morgan fingerprint density at radius 3 is 2.52 bits per heavy atom. The molecule has 0 bridgehead atoms. The number of rotatable bonds is 3. The first-order chi connectivity index (χ1) is 14.2. The Bertz CT molecular complexity index is 849. The minimum absolute atomic E-state index is 0.0655. The van der Waals surface area contributed by atoms with Crippen LogP contribution in [-0.4, -0.2) is 63.2 Å². The molecule has 1 saturated heterocycles. The third kappa shape index (κ3) is 3.50. The van der Waals surface area contributed by atoms with Gasteiger partial charge < -0.3 is 21.6 Å². The molecule has 1 saturated carbocycles. The molecular weight excluding hydrogens is 368 g/mol. The molecule has 2 aliphatic heterocycles. The summed E-state index contributed by atoms with van der Waals surface area (Å²) in [7, 11) is 0. The number of pyridine rings is 1. The molecule has 2 aromatic rings. The number of fused-ring (bicyclic) bond motifs is 1. The summed E-state index contributed by atoms with van der Waals surface area (Å²) >= 11 is 0. The van der Waals surface area contributed by atoms with Crippen LogP contribution >= 0.6 is 0 Å². The van der Waals surface area contributed by atoms with E-state index in [-0.39, 0.29) is 12.0 Å². The van der Waals surface area contributed by atoms with Crippen LogP contribution in [0.15, 0.2) is 24.5 Å². The van der Waals surface area contributed by atoms with E-state index in [2.05, 4.69) is 36.4 Å². The zero-order chi connectivity index (χ0) is 19.8. The van der Waals surface area contributed by atoms with E-state index < -0.39 is 0 Å². The summed E-state index contributed by atoms with van der Waals surface area (Å²) in [6.07, 6.45) is 8.27. The summed E-state index contributed by atoms with van der Waals surface area (Å²) in [6, 6.07) is 5.00. The molecule has 1 atom stereocenters. The third-order valence-electron chi connectivity index (χ3n) is 6.40. The van der Waals surface area contributed by atoms with E-state index in [0.29, 0.717) is 23.7 Å². The molecule has 9 heteroatoms. The predicted octanol–water partition coefficient (Wildman–Crippen LogP) is 1.41. The molecule has 3 aliphatic rings. The molecule has 154 valence electrons. The summed E-state index contributed by atoms with van der Waals surface area (Å²) in [5.74, 6) is 1.33. The molecule has 0 spiro atoms. The highest BCUT2D eigenvalue weighted by atomic mass is 16.5. The predicted molar refractivity (Wildman–Crippen MR) is 111 cm³/mol. The number of nitrogens with one attached hydrogen (secondary N) is 1. The Morgan fingerprint density at radius 1 is 1.03 bits per heavy atom. The Labute approximate surface area is 170 Å². The molecule has 5 rings (SSSR count). The lowest BCUT2D eigenvalue weighted by Gasteiger charge is -2.42. The van der Waals surface area contributed by atoms with Gasteiger partial charge in [0.2, 0.25) is 5.95 Å². The summed E-state index contributed by atoms with van der Waals surface area (Å²) in [5.41, 5.74) is 17.6. The molecule has 1 aliphatic carbocycles. The van der Waals surface area contributed by atoms with Crippen molar-refractivity contribution in [1.29, 1.82) is 0 Å². The van der Waals surface area contributed by atoms with Crippen LogP contribution in [0.1, 0.15) is 42.9 Å². The van der Waals surface area contributed by atoms with Gasteiger partial charge in [0.15, 0.2) is 5.82 Å². The van der Waals surface area contributed by atoms with E-state index in [9.17, 15) is 0 Å². The highest BCUT2D eigenvalue weighted by Gasteiger charge is 2.41. The number of hydrazine groups is 1. The van der Waals surface area contributed by atoms with E-state index in [1.807, 2.05) is 12.3 Å². The first kappa shape index (κ1) is 18.5. The molecule has 0 radical (unpaired) electrons. The number of nitrogen functional groups attached to an aromatic ring is 2. The van der Waals surface area contributed by atoms with E-state index in [1.54, 1.807) is 6.20 Å². The standard InChI is InChI=1S/C20H28N8O/c21-18-16-17(13-2-1-7-23-12-13)28(26-19(16)25-20(22)24-18)15-5-3-14(4-6-15)27-8-10-29-11-9-27/h1-2,7,12,14-15,17H,3-6,8-11H2,(H5,21,22,24,25,26). The topological polar surface area (TPSA) is 118 Å². The van der Waals surface area contributed by atoms with Crippen molar-refractivity contribution < 1.29 is 4.74 Å². The van der Waals surface area contributed by atoms with Gasteiger partial charge in [0.1, 0.15) is 5.82 Å². The Balaban J connectivity index is 1.39. The van der Waals surface area contributed by atoms with Crippen molar-refractivity contribution in [2.45, 2.75) is 43.8 Å². The first-order valence-electron chi connectivity index (χ1n) is 10.4. The van der Waals surface area contributed by atoms with Crippen LogP contribution in [0.5, 0.6) is 0 Å². The number of hydrogen-bond donors (Lipinski definition) is 3. The average molecular weight is 396 g/mol. The Kier molecular flexibility index (Phi) is 4.94. The second-order valence-electron chi connectivity index (χ2n) is 8.05. The summed E-state index contributed by atoms with van der Waals surface area (Å²) in [6.45, 7) is 3.80. The van der Waals surface area contributed by atoms with Crippen LogP contribution in [0, 0.1) is 0 Å². The molecular formula is C20H28N8O. The van der Waals surface area contributed by atoms with Crippen molar-refractivity contribution in [3.63, 3.8) is 0 Å². The fourth-order valence-corrected chi connectivity index (χ4v) is 5.00. The number of nitrogens with two attached hydrogens (primary N) is 2. The van der Waals surface area contributed by atoms with Crippen molar-refractivity contribution in [1.82, 2.24) is 24.9 Å². The number of morpholine rings is 1. The number of hydrogen-bond acceptors (Lipinski definition) is 9. The van der Waals surface area contributed by atoms with E-state index in [1.165, 1.54) is 12.8 Å². The van der Waals surface area contributed by atoms with Crippen LogP contribution in [0.3, 0.4) is 0 Å². The smallest absolute Gasteiger partial charge is 0.223 e. The zero-order valence-corrected chi connectivity index (χ0v) is 16.5. The summed E-state index contributed by atoms with van der Waals surface area (Å²) < 4.78 is 5.51. The zero-order valence-electron chi connectivity index (χ0n) is 16.5. The van der Waals surface area contributed by atoms with Crippen molar-refractivity contribution in [2.75, 3.05) is 43.2 Å². The fourth-order valence-electron chi connectivity index (χ4n) is 5.00. The lowest BCUT2D eigenvalue weighted by Crippen LogP contribution is -2.48. The van der Waals surface area contributed by atoms with Crippen molar-refractivity contribution in [2.24, 2.45) is 0 Å². The maximum Gasteiger partial charge on any atom is 0.223 e. The number of anilines is 3. The van der Waals surface area contributed by atoms with Crippen LogP contribution in [0.4, 0.5) is 17.6 Å². The van der Waals surface area contributed by atoms with Gasteiger partial charge in [-0.15, -0.1) is 0 Å². The molecule has 2 aromatic heterocycles. The van der Waals surface area contributed by atoms with Crippen LogP contribution in [-0.2, 0) is 4.74 Å². The van der Waals surface area contributed by atoms with Crippen LogP contribution < -0.4 is 16.9 Å². The number of nitrogens with zero attached hydrogens (tertiary/aromatic N) is 5. The van der Waals surface area contributed by atoms with E-state index in [0.717, 1.165) is 50.3 Å². The van der Waals surface area contributed by atoms with E-state index in [4.69, 9.17) is 16.2 Å². The second kappa shape index (κ2) is 7.74. The largest absolute Gasteiger partial charge is 0.383 e. The summed E-state index contributed by atoms with van der Waals surface area (Å²) in [5, 5.41) is 2.29. The van der Waals surface area contributed by atoms with Crippen molar-refractivity contribution in [3.8, 4) is 0 Å². The highest BCUT2D eigenvalue weighted by molar-refractivity contribution is 5.64. The van der Waals surface area contributed by atoms with Gasteiger partial charge in [0.05, 0.1) is 24.8 Å². The van der Waals surface area contributed by atoms with Gasteiger partial charge in [-0.05, 0) is 37.3 Å². The van der Waals surface area contributed by atoms with Gasteiger partial charge in [0.25, 0.3) is 0 Å². The van der Waals surface area contributed by atoms with Gasteiger partial charge in [-0.2, -0.15) is 9.97 Å². The normalized spacial score (nSPS) is 28.1. The molecule has 2 fully saturated rings. The molecule has 0 amide bonds. The van der Waals surface area contributed by atoms with Crippen LogP contribution in [0.25, 0.3) is 0 Å². The minimum atomic E-state index is -0.0655. The fraction of sp³-hybridized carbons (Fsp3) is 0.550. The lowest BCUT2D eigenvalue weighted by molar-refractivity contribution is 0.00124. The lowest BCUT2D eigenvalue weighted by atomic mass is 9.88. The monoisotopic (exact) mass is 396 g/mol. The third-order valence-corrected chi connectivity index (χ3v) is 6.40. The summed E-state index contributed by atoms with van der Waals surface area (Å²) in [4.78, 5) is 15.5. The Morgan fingerprint density at radius 2 is 1.79 bits per heavy atom. The van der Waals surface area contributed by atoms with Gasteiger partial charge in [-0.1, -0.05) is 6.07 Å². The van der Waals surface area contributed by atoms with Gasteiger partial charge in [-0.3, -0.25) is 9.88 Å². The minimum Gasteiger partial charge on any atom is -0.383 e. The first-order valence-corrected chi connectivity index (χ1v) is 10.4. The number of ether oxygens (including phenoxy) is 1. The molecule has 9 nitrogen and oxygen atoms in total. The van der Waals surface area contributed by atoms with Gasteiger partial charge >= 0.3 is 0 Å². The molecule has 5 N–H and O–H groups in total. The molecule has 29 heavy (non-hydrogen) atoms. The highest BCUT2D eigenvalue weighted by Crippen LogP contribution is 2.44. The second-order valence-corrected chi connectivity index (χ2v) is 8.05. The Hall–Kier alpha value is -2.49. The molecule has 4 heterocycles. The maximum absolute atomic E-state index is 6.28. The number of aromatic nitrogens is 3. The SMILES string of the molecule is Nc1nc(N)c2c(n1)NN(C1CCC(N3CCOCC3)CC1)C2c1cccnc1. The average Bonchev–Trinajstić information content (AvgIpc) is 3.15. The van der Waals surface area contributed by atoms with Gasteiger partial charge in [0, 0.05) is 37.6 Å². The quantitative estimate of drug-likeness (QED) is 0.707.